The lowest BCUT2D eigenvalue weighted by Crippen LogP contribution is -2.62. The van der Waals surface area contributed by atoms with E-state index in [-0.39, 0.29) is 35.5 Å². The number of carbonyl (C=O) groups excluding carboxylic acids is 4. The fourth-order valence-electron chi connectivity index (χ4n) is 4.49. The van der Waals surface area contributed by atoms with Crippen molar-refractivity contribution in [1.29, 1.82) is 0 Å². The minimum Gasteiger partial charge on any atom is -0.342 e. The van der Waals surface area contributed by atoms with Gasteiger partial charge in [-0.05, 0) is 37.5 Å². The topological polar surface area (TPSA) is 98.8 Å². The Morgan fingerprint density at radius 1 is 0.714 bits per heavy atom. The third-order valence-electron chi connectivity index (χ3n) is 6.14. The van der Waals surface area contributed by atoms with Gasteiger partial charge in [0, 0.05) is 13.1 Å². The van der Waals surface area contributed by atoms with Gasteiger partial charge in [-0.1, -0.05) is 27.7 Å². The van der Waals surface area contributed by atoms with Crippen LogP contribution in [0.3, 0.4) is 0 Å². The smallest absolute Gasteiger partial charge is 0.246 e. The summed E-state index contributed by atoms with van der Waals surface area (Å²) in [5.41, 5.74) is 0. The molecule has 4 amide bonds. The van der Waals surface area contributed by atoms with Crippen LogP contribution >= 0.6 is 0 Å². The minimum absolute atomic E-state index is 0.113. The van der Waals surface area contributed by atoms with E-state index in [2.05, 4.69) is 10.6 Å². The third kappa shape index (κ3) is 3.73. The minimum atomic E-state index is -0.696. The van der Waals surface area contributed by atoms with Gasteiger partial charge < -0.3 is 20.4 Å². The van der Waals surface area contributed by atoms with Gasteiger partial charge in [0.25, 0.3) is 0 Å². The van der Waals surface area contributed by atoms with E-state index in [4.69, 9.17) is 0 Å². The molecule has 0 aromatic rings. The molecule has 2 N–H and O–H groups in total. The molecular formula is C20H32N4O4. The molecule has 0 bridgehead atoms. The summed E-state index contributed by atoms with van der Waals surface area (Å²) in [7, 11) is 0. The molecule has 0 aromatic heterocycles. The van der Waals surface area contributed by atoms with E-state index in [1.807, 2.05) is 27.7 Å². The molecule has 0 radical (unpaired) electrons. The third-order valence-corrected chi connectivity index (χ3v) is 6.14. The van der Waals surface area contributed by atoms with Crippen LogP contribution in [0, 0.1) is 11.8 Å². The quantitative estimate of drug-likeness (QED) is 0.704. The molecule has 3 heterocycles. The first kappa shape index (κ1) is 20.6. The number of nitrogens with one attached hydrogen (secondary N) is 2. The highest BCUT2D eigenvalue weighted by atomic mass is 16.2. The first-order chi connectivity index (χ1) is 13.2. The van der Waals surface area contributed by atoms with Gasteiger partial charge in [0.1, 0.15) is 24.2 Å². The van der Waals surface area contributed by atoms with Gasteiger partial charge in [-0.15, -0.1) is 0 Å². The summed E-state index contributed by atoms with van der Waals surface area (Å²) in [6, 6.07) is -2.57. The van der Waals surface area contributed by atoms with Gasteiger partial charge in [0.15, 0.2) is 0 Å². The van der Waals surface area contributed by atoms with Crippen molar-refractivity contribution >= 4 is 23.6 Å². The van der Waals surface area contributed by atoms with Crippen LogP contribution in [0.5, 0.6) is 0 Å². The molecule has 3 aliphatic rings. The zero-order valence-electron chi connectivity index (χ0n) is 17.2. The Balaban J connectivity index is 1.99. The summed E-state index contributed by atoms with van der Waals surface area (Å²) in [5.74, 6) is -1.20. The second-order valence-corrected chi connectivity index (χ2v) is 8.84. The average molecular weight is 393 g/mol. The van der Waals surface area contributed by atoms with E-state index in [1.165, 1.54) is 0 Å². The van der Waals surface area contributed by atoms with E-state index < -0.39 is 24.2 Å². The summed E-state index contributed by atoms with van der Waals surface area (Å²) in [6.45, 7) is 8.51. The molecule has 3 rings (SSSR count). The van der Waals surface area contributed by atoms with Gasteiger partial charge in [-0.25, -0.2) is 0 Å². The van der Waals surface area contributed by atoms with Crippen molar-refractivity contribution in [3.63, 3.8) is 0 Å². The van der Waals surface area contributed by atoms with Crippen LogP contribution in [0.25, 0.3) is 0 Å². The molecule has 156 valence electrons. The summed E-state index contributed by atoms with van der Waals surface area (Å²) in [6.07, 6.45) is 2.61. The molecule has 1 unspecified atom stereocenters. The Hall–Kier alpha value is -2.12. The van der Waals surface area contributed by atoms with Gasteiger partial charge >= 0.3 is 0 Å². The number of hydrogen-bond donors (Lipinski definition) is 2. The summed E-state index contributed by atoms with van der Waals surface area (Å²) < 4.78 is 0. The van der Waals surface area contributed by atoms with E-state index in [0.29, 0.717) is 25.9 Å². The Morgan fingerprint density at radius 2 is 1.07 bits per heavy atom. The zero-order chi connectivity index (χ0) is 20.6. The first-order valence-corrected chi connectivity index (χ1v) is 10.4. The second kappa shape index (κ2) is 8.09. The molecule has 3 saturated heterocycles. The molecule has 3 aliphatic heterocycles. The number of amides is 4. The first-order valence-electron chi connectivity index (χ1n) is 10.4. The SMILES string of the molecule is CC(C)C1NC(=O)[C@@H]2CCCN2C(=O)[C@@H](C(C)C)NC(=O)[C@@H]2CCCN2C1=O. The Bertz CT molecular complexity index is 607. The van der Waals surface area contributed by atoms with E-state index in [9.17, 15) is 19.2 Å². The van der Waals surface area contributed by atoms with E-state index in [1.54, 1.807) is 9.80 Å². The van der Waals surface area contributed by atoms with Crippen molar-refractivity contribution in [3.05, 3.63) is 0 Å². The number of carbonyl (C=O) groups is 4. The molecule has 8 nitrogen and oxygen atoms in total. The van der Waals surface area contributed by atoms with Crippen molar-refractivity contribution in [1.82, 2.24) is 20.4 Å². The number of hydrogen-bond acceptors (Lipinski definition) is 4. The fraction of sp³-hybridized carbons (Fsp3) is 0.800. The van der Waals surface area contributed by atoms with Gasteiger partial charge in [0.05, 0.1) is 0 Å². The highest BCUT2D eigenvalue weighted by Crippen LogP contribution is 2.25. The summed E-state index contributed by atoms with van der Waals surface area (Å²) >= 11 is 0. The molecular weight excluding hydrogens is 360 g/mol. The van der Waals surface area contributed by atoms with Crippen LogP contribution in [-0.4, -0.2) is 70.7 Å². The van der Waals surface area contributed by atoms with Crippen LogP contribution in [-0.2, 0) is 19.2 Å². The van der Waals surface area contributed by atoms with Gasteiger partial charge in [0.2, 0.25) is 23.6 Å². The Labute approximate surface area is 166 Å². The lowest BCUT2D eigenvalue weighted by atomic mass is 9.99. The monoisotopic (exact) mass is 392 g/mol. The lowest BCUT2D eigenvalue weighted by molar-refractivity contribution is -0.148. The van der Waals surface area contributed by atoms with Gasteiger partial charge in [-0.3, -0.25) is 19.2 Å². The molecule has 0 aromatic carbocycles. The molecule has 0 spiro atoms. The van der Waals surface area contributed by atoms with Crippen LogP contribution < -0.4 is 10.6 Å². The number of rotatable bonds is 2. The highest BCUT2D eigenvalue weighted by Gasteiger charge is 2.44. The van der Waals surface area contributed by atoms with Crippen LogP contribution in [0.4, 0.5) is 0 Å². The molecule has 0 saturated carbocycles. The summed E-state index contributed by atoms with van der Waals surface area (Å²) in [5, 5.41) is 5.78. The van der Waals surface area contributed by atoms with Crippen molar-refractivity contribution in [2.75, 3.05) is 13.1 Å². The average Bonchev–Trinajstić information content (AvgIpc) is 3.30. The Kier molecular flexibility index (Phi) is 5.95. The van der Waals surface area contributed by atoms with Crippen molar-refractivity contribution < 1.29 is 19.2 Å². The second-order valence-electron chi connectivity index (χ2n) is 8.84. The fourth-order valence-corrected chi connectivity index (χ4v) is 4.49. The Morgan fingerprint density at radius 3 is 1.39 bits per heavy atom. The molecule has 28 heavy (non-hydrogen) atoms. The lowest BCUT2D eigenvalue weighted by Gasteiger charge is -2.36. The zero-order valence-corrected chi connectivity index (χ0v) is 17.2. The predicted molar refractivity (Wildman–Crippen MR) is 103 cm³/mol. The number of fused-ring (bicyclic) bond motifs is 2. The summed E-state index contributed by atoms with van der Waals surface area (Å²) in [4.78, 5) is 55.5. The highest BCUT2D eigenvalue weighted by molar-refractivity contribution is 5.98. The largest absolute Gasteiger partial charge is 0.342 e. The maximum absolute atomic E-state index is 13.2. The molecule has 8 heteroatoms. The maximum atomic E-state index is 13.2. The van der Waals surface area contributed by atoms with E-state index in [0.717, 1.165) is 12.8 Å². The maximum Gasteiger partial charge on any atom is 0.246 e. The number of nitrogens with zero attached hydrogens (tertiary/aromatic N) is 2. The molecule has 4 atom stereocenters. The normalized spacial score (nSPS) is 32.1. The van der Waals surface area contributed by atoms with Crippen LogP contribution in [0.1, 0.15) is 53.4 Å². The van der Waals surface area contributed by atoms with Crippen LogP contribution in [0.15, 0.2) is 0 Å². The van der Waals surface area contributed by atoms with Gasteiger partial charge in [-0.2, -0.15) is 0 Å². The predicted octanol–water partition coefficient (Wildman–Crippen LogP) is 0.264. The molecule has 3 fully saturated rings. The van der Waals surface area contributed by atoms with Crippen molar-refractivity contribution in [3.8, 4) is 0 Å². The van der Waals surface area contributed by atoms with Crippen molar-refractivity contribution in [2.45, 2.75) is 77.5 Å². The van der Waals surface area contributed by atoms with Crippen LogP contribution in [0.2, 0.25) is 0 Å². The molecule has 0 aliphatic carbocycles. The standard InChI is InChI=1S/C20H32N4O4/c1-11(2)15-19(27)23-9-5-8-14(23)18(26)22-16(12(3)4)20(28)24-10-6-7-13(24)17(25)21-15/h11-16H,5-10H2,1-4H3,(H,21,25)(H,22,26)/t13-,14-,15+,16?/m0/s1. The van der Waals surface area contributed by atoms with Crippen molar-refractivity contribution in [2.24, 2.45) is 11.8 Å². The van der Waals surface area contributed by atoms with E-state index >= 15 is 0 Å².